The second kappa shape index (κ2) is 33.8. The third kappa shape index (κ3) is 24.4. The zero-order chi connectivity index (χ0) is 88.6. The highest BCUT2D eigenvalue weighted by molar-refractivity contribution is 7.62. The van der Waals surface area contributed by atoms with E-state index in [0.717, 1.165) is 0 Å². The molecule has 20 atom stereocenters. The van der Waals surface area contributed by atoms with E-state index in [1.54, 1.807) is 0 Å². The first-order chi connectivity index (χ1) is 50.8. The van der Waals surface area contributed by atoms with Crippen LogP contribution >= 0.6 is 62.6 Å². The summed E-state index contributed by atoms with van der Waals surface area (Å²) in [6, 6.07) is 0. The molecular formula is C36H48F8N8O48P8. The van der Waals surface area contributed by atoms with Crippen molar-refractivity contribution in [2.45, 2.75) is 97.1 Å². The van der Waals surface area contributed by atoms with Crippen LogP contribution in [0, 0.1) is 23.3 Å². The molecule has 4 aliphatic heterocycles. The molecule has 24 N–H and O–H groups in total. The van der Waals surface area contributed by atoms with Crippen LogP contribution in [-0.4, -0.2) is 236 Å². The normalized spacial score (nSPS) is 33.4. The summed E-state index contributed by atoms with van der Waals surface area (Å²) in [5, 5.41) is 78.7. The number of aliphatic hydroxyl groups is 8. The fourth-order valence-corrected chi connectivity index (χ4v) is 13.8. The van der Waals surface area contributed by atoms with Crippen LogP contribution in [0.1, 0.15) is 33.1 Å². The first-order valence-corrected chi connectivity index (χ1v) is 38.0. The molecule has 8 heterocycles. The third-order valence-electron chi connectivity index (χ3n) is 12.1. The lowest BCUT2D eigenvalue weighted by molar-refractivity contribution is -0.205. The van der Waals surface area contributed by atoms with Gasteiger partial charge < -0.3 is 119 Å². The highest BCUT2D eigenvalue weighted by Crippen LogP contribution is 2.62. The maximum atomic E-state index is 15.2. The molecular weight excluding hydrogens is 1710 g/mol. The Morgan fingerprint density at radius 1 is 0.370 bits per heavy atom. The van der Waals surface area contributed by atoms with Crippen molar-refractivity contribution in [1.82, 2.24) is 38.2 Å². The summed E-state index contributed by atoms with van der Waals surface area (Å²) in [5.41, 5.74) is -12.1. The van der Waals surface area contributed by atoms with Gasteiger partial charge in [-0.15, -0.1) is 0 Å². The third-order valence-corrected chi connectivity index (χ3v) is 20.3. The molecule has 56 nitrogen and oxygen atoms in total. The number of hydrogen-bond acceptors (Lipinski definition) is 36. The molecule has 8 rings (SSSR count). The van der Waals surface area contributed by atoms with Gasteiger partial charge in [-0.2, -0.15) is 34.8 Å². The van der Waals surface area contributed by atoms with Gasteiger partial charge in [-0.1, -0.05) is 0 Å². The number of nitrogens with one attached hydrogen (secondary N) is 4. The van der Waals surface area contributed by atoms with Crippen molar-refractivity contribution in [3.63, 3.8) is 0 Å². The van der Waals surface area contributed by atoms with Crippen LogP contribution < -0.4 is 45.0 Å². The minimum atomic E-state index is -6.10. The minimum Gasteiger partial charge on any atom is -0.385 e. The number of rotatable bonds is 24. The van der Waals surface area contributed by atoms with Crippen molar-refractivity contribution in [3.05, 3.63) is 131 Å². The topological polar surface area (TPSA) is 871 Å². The van der Waals surface area contributed by atoms with E-state index < -0.39 is 254 Å². The Labute approximate surface area is 588 Å². The zero-order valence-electron chi connectivity index (χ0n) is 56.3. The van der Waals surface area contributed by atoms with Crippen LogP contribution in [0.25, 0.3) is 0 Å². The van der Waals surface area contributed by atoms with Gasteiger partial charge in [-0.25, -0.2) is 73.3 Å². The van der Waals surface area contributed by atoms with Crippen LogP contribution in [0.2, 0.25) is 0 Å². The number of hydrogen-bond donors (Lipinski definition) is 24. The Kier molecular flexibility index (Phi) is 26.2. The van der Waals surface area contributed by atoms with E-state index in [2.05, 4.69) is 54.3 Å². The van der Waals surface area contributed by atoms with Gasteiger partial charge in [-0.05, 0) is 0 Å². The van der Waals surface area contributed by atoms with Crippen LogP contribution in [0.5, 0.6) is 0 Å². The van der Waals surface area contributed by atoms with Crippen LogP contribution in [0.3, 0.4) is 0 Å². The number of ether oxygens (including phenoxy) is 4. The van der Waals surface area contributed by atoms with E-state index in [1.807, 2.05) is 0 Å². The van der Waals surface area contributed by atoms with Crippen molar-refractivity contribution in [1.29, 1.82) is 0 Å². The van der Waals surface area contributed by atoms with Gasteiger partial charge in [0.2, 0.25) is 23.3 Å². The van der Waals surface area contributed by atoms with Crippen LogP contribution in [-0.2, 0) is 90.8 Å². The fraction of sp³-hybridized carbons (Fsp3) is 0.556. The molecule has 4 unspecified atom stereocenters. The lowest BCUT2D eigenvalue weighted by atomic mass is 10.1. The van der Waals surface area contributed by atoms with E-state index in [0.29, 0.717) is 0 Å². The Hall–Kier alpha value is -5.28. The number of alkyl halides is 4. The maximum absolute atomic E-state index is 15.2. The van der Waals surface area contributed by atoms with E-state index in [4.69, 9.17) is 57.2 Å². The van der Waals surface area contributed by atoms with Crippen molar-refractivity contribution in [2.24, 2.45) is 0 Å². The molecule has 4 aromatic heterocycles. The molecule has 0 radical (unpaired) electrons. The molecule has 4 aliphatic rings. The van der Waals surface area contributed by atoms with Gasteiger partial charge in [0.15, 0.2) is 24.9 Å². The summed E-state index contributed by atoms with van der Waals surface area (Å²) in [6.45, 7) is -12.2. The van der Waals surface area contributed by atoms with Gasteiger partial charge in [0.1, 0.15) is 75.2 Å². The Balaban J connectivity index is 0.000000272. The van der Waals surface area contributed by atoms with Crippen molar-refractivity contribution in [2.75, 3.05) is 26.3 Å². The summed E-state index contributed by atoms with van der Waals surface area (Å²) in [7, 11) is -45.8. The van der Waals surface area contributed by atoms with Crippen molar-refractivity contribution < 1.29 is 234 Å². The lowest BCUT2D eigenvalue weighted by Crippen LogP contribution is -2.43. The van der Waals surface area contributed by atoms with E-state index in [-0.39, 0.29) is 43.1 Å². The predicted molar refractivity (Wildman–Crippen MR) is 305 cm³/mol. The van der Waals surface area contributed by atoms with E-state index in [1.165, 1.54) is 19.9 Å². The number of nitrogens with zero attached hydrogens (tertiary/aromatic N) is 4. The fourth-order valence-electron chi connectivity index (χ4n) is 7.66. The zero-order valence-corrected chi connectivity index (χ0v) is 57.4. The van der Waals surface area contributed by atoms with Gasteiger partial charge in [-0.3, -0.25) is 75.5 Å². The van der Waals surface area contributed by atoms with Gasteiger partial charge >= 0.3 is 85.3 Å². The lowest BCUT2D eigenvalue weighted by Gasteiger charge is -2.23. The highest BCUT2D eigenvalue weighted by Gasteiger charge is 2.62. The van der Waals surface area contributed by atoms with Gasteiger partial charge in [0.25, 0.3) is 45.7 Å². The second-order valence-electron chi connectivity index (χ2n) is 20.0. The van der Waals surface area contributed by atoms with Crippen molar-refractivity contribution >= 4 is 62.6 Å². The average Bonchev–Trinajstić information content (AvgIpc) is 1.55. The number of H-pyrrole nitrogens is 4. The second-order valence-corrected chi connectivity index (χ2v) is 31.2. The van der Waals surface area contributed by atoms with Crippen molar-refractivity contribution in [3.8, 4) is 0 Å². The molecule has 0 spiro atoms. The first-order valence-electron chi connectivity index (χ1n) is 28.9. The molecule has 0 aromatic carbocycles. The summed E-state index contributed by atoms with van der Waals surface area (Å²) >= 11 is 0. The highest BCUT2D eigenvalue weighted by atomic mass is 31.3. The minimum absolute atomic E-state index is 0.0344. The molecule has 0 aliphatic carbocycles. The summed E-state index contributed by atoms with van der Waals surface area (Å²) in [4.78, 5) is 201. The Morgan fingerprint density at radius 2 is 0.583 bits per heavy atom. The van der Waals surface area contributed by atoms with Gasteiger partial charge in [0.05, 0.1) is 33.0 Å². The first kappa shape index (κ1) is 83.6. The number of aromatic nitrogens is 8. The molecule has 72 heteroatoms. The van der Waals surface area contributed by atoms with Gasteiger partial charge in [0, 0.05) is 0 Å². The van der Waals surface area contributed by atoms with Crippen LogP contribution in [0.4, 0.5) is 35.1 Å². The maximum Gasteiger partial charge on any atom is 0.481 e. The predicted octanol–water partition coefficient (Wildman–Crippen LogP) is -8.73. The largest absolute Gasteiger partial charge is 0.481 e. The number of phosphoric acid groups is 8. The molecule has 0 bridgehead atoms. The number of phosphoric ester groups is 4. The summed E-state index contributed by atoms with van der Waals surface area (Å²) in [5.74, 6) is -22.5. The standard InChI is InChI=1S/4C9H12F2N2O12P2/c4*10-3-1-13(8(17)12-6(3)16)7-4(14)5(15)9(11,24-7)2-23-27(21,22)25-26(18,19)20/h4*1,4-5,7,14-15H,2H2,(H,21,22)(H,12,16,17)(H2,18,19,20)/t4*4-,5+,7-,9-/m1111/s1/i2D2,7D;7D;2D2;. The Bertz CT molecular complexity index is 5250. The molecule has 4 saturated heterocycles. The van der Waals surface area contributed by atoms with Crippen LogP contribution in [0.15, 0.2) is 63.1 Å². The molecule has 4 aromatic rings. The van der Waals surface area contributed by atoms with E-state index >= 15 is 8.78 Å². The smallest absolute Gasteiger partial charge is 0.385 e. The quantitative estimate of drug-likeness (QED) is 0.0229. The molecule has 616 valence electrons. The number of aliphatic hydroxyl groups excluding tert-OH is 8. The van der Waals surface area contributed by atoms with E-state index in [9.17, 15) is 152 Å². The molecule has 108 heavy (non-hydrogen) atoms. The number of aromatic amines is 4. The Morgan fingerprint density at radius 3 is 0.880 bits per heavy atom. The summed E-state index contributed by atoms with van der Waals surface area (Å²) in [6.07, 6.45) is -32.7. The SMILES string of the molecule is O=c1[nH]c(=O)n([C@@H]2O[C@](F)(COP(=O)(O)OP(=O)(O)O)[C@@H](O)[C@H]2O)cc1F.[2H]C([2H])(OP(=O)(O)OP(=O)(O)O)[C@@]1(F)O[C@@H](n2cc(F)c(=O)[nH]c2=O)[C@H](O)[C@@H]1O.[2H]C([2H])(OP(=O)(O)OP(=O)(O)O)[C@@]1(F)O[C@@]([2H])(n2cc(F)c(=O)[nH]c2=O)[C@H](O)[C@@H]1O.[2H][C@@]1(n2cc(F)c(=O)[nH]c2=O)O[C@](F)(COP(=O)(O)OP(=O)(O)O)[C@@H](O)[C@H]1O. The molecule has 0 saturated carbocycles. The monoisotopic (exact) mass is 1770 g/mol. The molecule has 4 fully saturated rings. The average molecular weight is 1770 g/mol. The molecule has 0 amide bonds. The summed E-state index contributed by atoms with van der Waals surface area (Å²) < 4.78 is 292. The number of halogens is 8.